The number of ether oxygens (including phenoxy) is 2. The molecule has 1 saturated heterocycles. The van der Waals surface area contributed by atoms with Gasteiger partial charge in [0.05, 0.1) is 35.9 Å². The smallest absolute Gasteiger partial charge is 0.342 e. The van der Waals surface area contributed by atoms with E-state index in [4.69, 9.17) is 21.1 Å². The fourth-order valence-corrected chi connectivity index (χ4v) is 6.26. The summed E-state index contributed by atoms with van der Waals surface area (Å²) in [6.45, 7) is 7.27. The molecule has 0 unspecified atom stereocenters. The monoisotopic (exact) mass is 490 g/mol. The molecule has 0 saturated carbocycles. The number of sulfonamides is 1. The van der Waals surface area contributed by atoms with Crippen molar-refractivity contribution in [2.24, 2.45) is 0 Å². The van der Waals surface area contributed by atoms with Gasteiger partial charge in [-0.25, -0.2) is 18.0 Å². The molecule has 2 atom stereocenters. The fourth-order valence-electron chi connectivity index (χ4n) is 4.40. The molecule has 33 heavy (non-hydrogen) atoms. The maximum Gasteiger partial charge on any atom is 0.342 e. The predicted octanol–water partition coefficient (Wildman–Crippen LogP) is 2.98. The van der Waals surface area contributed by atoms with Crippen LogP contribution in [0.1, 0.15) is 25.5 Å². The number of nitrogens with one attached hydrogen (secondary N) is 1. The van der Waals surface area contributed by atoms with Gasteiger partial charge in [-0.3, -0.25) is 9.62 Å². The number of hydrogen-bond donors (Lipinski definition) is 1. The van der Waals surface area contributed by atoms with Crippen molar-refractivity contribution < 1.29 is 27.5 Å². The van der Waals surface area contributed by atoms with Crippen molar-refractivity contribution >= 4 is 39.3 Å². The molecule has 0 spiro atoms. The van der Waals surface area contributed by atoms with E-state index in [0.29, 0.717) is 16.3 Å². The number of nitrogens with zero attached hydrogens (tertiary/aromatic N) is 1. The lowest BCUT2D eigenvalue weighted by Crippen LogP contribution is -2.58. The molecule has 0 radical (unpaired) electrons. The van der Waals surface area contributed by atoms with Gasteiger partial charge in [0.2, 0.25) is 5.54 Å². The number of carbonyl (C=O) groups is 2. The van der Waals surface area contributed by atoms with Crippen molar-refractivity contribution in [3.05, 3.63) is 71.3 Å². The summed E-state index contributed by atoms with van der Waals surface area (Å²) in [7, 11) is -4.11. The lowest BCUT2D eigenvalue weighted by atomic mass is 9.90. The van der Waals surface area contributed by atoms with Crippen LogP contribution in [0.5, 0.6) is 0 Å². The Bertz CT molecular complexity index is 1210. The molecule has 174 valence electrons. The zero-order valence-electron chi connectivity index (χ0n) is 18.1. The van der Waals surface area contributed by atoms with Crippen LogP contribution in [0.2, 0.25) is 5.02 Å². The van der Waals surface area contributed by atoms with Crippen LogP contribution in [0.4, 0.5) is 5.69 Å². The zero-order valence-corrected chi connectivity index (χ0v) is 19.7. The molecule has 2 aliphatic heterocycles. The van der Waals surface area contributed by atoms with Crippen LogP contribution in [-0.2, 0) is 29.1 Å². The number of halogens is 1. The zero-order chi connectivity index (χ0) is 24.0. The molecule has 0 amide bonds. The van der Waals surface area contributed by atoms with E-state index in [2.05, 4.69) is 11.9 Å². The second-order valence-corrected chi connectivity index (χ2v) is 9.85. The number of anilines is 1. The third-order valence-corrected chi connectivity index (χ3v) is 7.85. The van der Waals surface area contributed by atoms with Gasteiger partial charge >= 0.3 is 11.9 Å². The molecule has 10 heteroatoms. The standard InChI is InChI=1S/C23H23ClN2O6S/c1-4-31-21(27)23(22(28)32-5-2)14(3)20-19(25-23)17-12-11-15(24)13-18(17)26(20)33(29,30)16-9-7-6-8-10-16/h6-13,19-20,25H,3-5H2,1-2H3/t19-,20-/m0/s1. The Morgan fingerprint density at radius 3 is 2.27 bits per heavy atom. The molecular weight excluding hydrogens is 468 g/mol. The van der Waals surface area contributed by atoms with Crippen molar-refractivity contribution in [1.82, 2.24) is 5.32 Å². The minimum absolute atomic E-state index is 0.0164. The van der Waals surface area contributed by atoms with Crippen molar-refractivity contribution in [3.8, 4) is 0 Å². The van der Waals surface area contributed by atoms with E-state index in [0.717, 1.165) is 0 Å². The summed E-state index contributed by atoms with van der Waals surface area (Å²) < 4.78 is 39.1. The number of benzene rings is 2. The Kier molecular flexibility index (Phi) is 5.98. The molecule has 0 bridgehead atoms. The molecular formula is C23H23ClN2O6S. The maximum absolute atomic E-state index is 13.8. The highest BCUT2D eigenvalue weighted by Crippen LogP contribution is 2.52. The Balaban J connectivity index is 1.92. The van der Waals surface area contributed by atoms with E-state index in [1.807, 2.05) is 0 Å². The van der Waals surface area contributed by atoms with Gasteiger partial charge in [0.15, 0.2) is 0 Å². The number of esters is 2. The second kappa shape index (κ2) is 8.48. The predicted molar refractivity (Wildman–Crippen MR) is 122 cm³/mol. The van der Waals surface area contributed by atoms with Crippen molar-refractivity contribution in [3.63, 3.8) is 0 Å². The van der Waals surface area contributed by atoms with Crippen molar-refractivity contribution in [2.75, 3.05) is 17.5 Å². The van der Waals surface area contributed by atoms with Crippen LogP contribution in [0.15, 0.2) is 65.6 Å². The van der Waals surface area contributed by atoms with Gasteiger partial charge in [0.1, 0.15) is 0 Å². The molecule has 1 fully saturated rings. The first-order valence-electron chi connectivity index (χ1n) is 10.4. The van der Waals surface area contributed by atoms with Gasteiger partial charge in [0.25, 0.3) is 10.0 Å². The first-order valence-corrected chi connectivity index (χ1v) is 12.2. The summed E-state index contributed by atoms with van der Waals surface area (Å²) in [5.74, 6) is -1.79. The van der Waals surface area contributed by atoms with Crippen LogP contribution in [-0.4, -0.2) is 45.2 Å². The molecule has 2 heterocycles. The topological polar surface area (TPSA) is 102 Å². The van der Waals surface area contributed by atoms with E-state index in [9.17, 15) is 18.0 Å². The number of hydrogen-bond acceptors (Lipinski definition) is 7. The van der Waals surface area contributed by atoms with E-state index < -0.39 is 39.6 Å². The quantitative estimate of drug-likeness (QED) is 0.377. The summed E-state index contributed by atoms with van der Waals surface area (Å²) in [6, 6.07) is 11.0. The highest BCUT2D eigenvalue weighted by Gasteiger charge is 2.65. The maximum atomic E-state index is 13.8. The third kappa shape index (κ3) is 3.42. The minimum atomic E-state index is -4.11. The molecule has 1 N–H and O–H groups in total. The fraction of sp³-hybridized carbons (Fsp3) is 0.304. The number of carbonyl (C=O) groups excluding carboxylic acids is 2. The largest absolute Gasteiger partial charge is 0.464 e. The van der Waals surface area contributed by atoms with E-state index in [1.165, 1.54) is 16.4 Å². The molecule has 2 aliphatic rings. The van der Waals surface area contributed by atoms with Crippen LogP contribution < -0.4 is 9.62 Å². The Morgan fingerprint density at radius 1 is 1.09 bits per heavy atom. The number of fused-ring (bicyclic) bond motifs is 3. The molecule has 4 rings (SSSR count). The van der Waals surface area contributed by atoms with Gasteiger partial charge in [-0.05, 0) is 49.2 Å². The third-order valence-electron chi connectivity index (χ3n) is 5.81. The molecule has 8 nitrogen and oxygen atoms in total. The average molecular weight is 491 g/mol. The second-order valence-electron chi connectivity index (χ2n) is 7.60. The van der Waals surface area contributed by atoms with Crippen LogP contribution in [0.25, 0.3) is 0 Å². The Labute approximate surface area is 197 Å². The van der Waals surface area contributed by atoms with Gasteiger partial charge in [-0.1, -0.05) is 42.4 Å². The highest BCUT2D eigenvalue weighted by atomic mass is 35.5. The summed E-state index contributed by atoms with van der Waals surface area (Å²) in [6.07, 6.45) is 0. The van der Waals surface area contributed by atoms with Crippen LogP contribution in [0, 0.1) is 0 Å². The summed E-state index contributed by atoms with van der Waals surface area (Å²) in [4.78, 5) is 26.2. The molecule has 0 aromatic heterocycles. The van der Waals surface area contributed by atoms with E-state index >= 15 is 0 Å². The van der Waals surface area contributed by atoms with Crippen molar-refractivity contribution in [1.29, 1.82) is 0 Å². The lowest BCUT2D eigenvalue weighted by molar-refractivity contribution is -0.163. The average Bonchev–Trinajstić information content (AvgIpc) is 3.26. The highest BCUT2D eigenvalue weighted by molar-refractivity contribution is 7.93. The van der Waals surface area contributed by atoms with E-state index in [1.54, 1.807) is 50.2 Å². The van der Waals surface area contributed by atoms with Gasteiger partial charge in [-0.15, -0.1) is 0 Å². The van der Waals surface area contributed by atoms with E-state index in [-0.39, 0.29) is 23.7 Å². The van der Waals surface area contributed by atoms with Gasteiger partial charge in [-0.2, -0.15) is 0 Å². The SMILES string of the molecule is C=C1[C@H]2[C@@H](NC1(C(=O)OCC)C(=O)OCC)c1ccc(Cl)cc1N2S(=O)(=O)c1ccccc1. The first-order chi connectivity index (χ1) is 15.7. The van der Waals surface area contributed by atoms with Crippen molar-refractivity contribution in [2.45, 2.75) is 36.4 Å². The van der Waals surface area contributed by atoms with Gasteiger partial charge in [0, 0.05) is 5.02 Å². The first kappa shape index (κ1) is 23.3. The molecule has 2 aromatic rings. The number of rotatable bonds is 6. The summed E-state index contributed by atoms with van der Waals surface area (Å²) in [5.41, 5.74) is -1.13. The molecule has 2 aromatic carbocycles. The van der Waals surface area contributed by atoms with Crippen LogP contribution >= 0.6 is 11.6 Å². The minimum Gasteiger partial charge on any atom is -0.464 e. The Hall–Kier alpha value is -2.88. The normalized spacial score (nSPS) is 20.8. The van der Waals surface area contributed by atoms with Gasteiger partial charge < -0.3 is 9.47 Å². The lowest BCUT2D eigenvalue weighted by Gasteiger charge is -2.31. The summed E-state index contributed by atoms with van der Waals surface area (Å²) in [5, 5.41) is 3.36. The molecule has 0 aliphatic carbocycles. The van der Waals surface area contributed by atoms with Crippen LogP contribution in [0.3, 0.4) is 0 Å². The Morgan fingerprint density at radius 2 is 1.70 bits per heavy atom. The summed E-state index contributed by atoms with van der Waals surface area (Å²) >= 11 is 6.20.